The van der Waals surface area contributed by atoms with Crippen LogP contribution in [0.2, 0.25) is 0 Å². The van der Waals surface area contributed by atoms with Gasteiger partial charge in [-0.1, -0.05) is 91.0 Å². The molecule has 2 amide bonds. The van der Waals surface area contributed by atoms with Gasteiger partial charge in [0.25, 0.3) is 5.91 Å². The highest BCUT2D eigenvalue weighted by Gasteiger charge is 2.54. The Labute approximate surface area is 291 Å². The molecule has 1 fully saturated rings. The van der Waals surface area contributed by atoms with E-state index in [0.717, 1.165) is 34.9 Å². The van der Waals surface area contributed by atoms with Crippen molar-refractivity contribution in [3.8, 4) is 0 Å². The van der Waals surface area contributed by atoms with Gasteiger partial charge in [0.1, 0.15) is 23.2 Å². The number of thiophene rings is 1. The van der Waals surface area contributed by atoms with Crippen LogP contribution in [-0.4, -0.2) is 38.9 Å². The largest absolute Gasteiger partial charge is 0.469 e. The van der Waals surface area contributed by atoms with Gasteiger partial charge >= 0.3 is 0 Å². The molecule has 1 saturated heterocycles. The Morgan fingerprint density at radius 1 is 0.935 bits per heavy atom. The van der Waals surface area contributed by atoms with Crippen molar-refractivity contribution < 1.29 is 14.3 Å². The number of carbonyl (C=O) groups excluding carboxylic acids is 2. The zero-order valence-electron chi connectivity index (χ0n) is 24.1. The van der Waals surface area contributed by atoms with E-state index in [4.69, 9.17) is 17.0 Å². The number of carbonyl (C=O) groups is 2. The minimum Gasteiger partial charge on any atom is -0.469 e. The van der Waals surface area contributed by atoms with Crippen molar-refractivity contribution in [2.45, 2.75) is 23.9 Å². The molecule has 7 rings (SSSR count). The number of benzene rings is 3. The van der Waals surface area contributed by atoms with Gasteiger partial charge in [0.2, 0.25) is 11.0 Å². The normalized spacial score (nSPS) is 17.5. The molecule has 0 bridgehead atoms. The average molecular weight is 746 g/mol. The number of nitrogens with one attached hydrogen (secondary N) is 1. The summed E-state index contributed by atoms with van der Waals surface area (Å²) >= 11 is 14.1. The van der Waals surface area contributed by atoms with Crippen molar-refractivity contribution in [3.63, 3.8) is 0 Å². The molecule has 3 aromatic carbocycles. The van der Waals surface area contributed by atoms with Gasteiger partial charge in [-0.15, -0.1) is 34.4 Å². The summed E-state index contributed by atoms with van der Waals surface area (Å²) in [6, 6.07) is 31.8. The first-order valence-electron chi connectivity index (χ1n) is 14.4. The predicted octanol–water partition coefficient (Wildman–Crippen LogP) is 7.57. The molecule has 46 heavy (non-hydrogen) atoms. The van der Waals surface area contributed by atoms with E-state index in [-0.39, 0.29) is 34.1 Å². The number of thiocarbonyl (C=S) groups is 1. The quantitative estimate of drug-likeness (QED) is 0.131. The molecule has 0 aliphatic carbocycles. The zero-order valence-corrected chi connectivity index (χ0v) is 28.9. The first-order valence-corrected chi connectivity index (χ1v) is 18.3. The molecule has 4 heterocycles. The summed E-state index contributed by atoms with van der Waals surface area (Å²) in [6.45, 7) is 0. The van der Waals surface area contributed by atoms with Gasteiger partial charge in [-0.2, -0.15) is 0 Å². The highest BCUT2D eigenvalue weighted by molar-refractivity contribution is 9.11. The van der Waals surface area contributed by atoms with Crippen molar-refractivity contribution in [1.82, 2.24) is 10.2 Å². The van der Waals surface area contributed by atoms with E-state index >= 15 is 0 Å². The van der Waals surface area contributed by atoms with E-state index in [0.29, 0.717) is 16.8 Å². The average Bonchev–Trinajstić information content (AvgIpc) is 3.47. The summed E-state index contributed by atoms with van der Waals surface area (Å²) in [4.78, 5) is 42.4. The van der Waals surface area contributed by atoms with Gasteiger partial charge in [-0.25, -0.2) is 0 Å². The maximum absolute atomic E-state index is 13.9. The fourth-order valence-corrected chi connectivity index (χ4v) is 10.7. The van der Waals surface area contributed by atoms with E-state index in [1.807, 2.05) is 97.1 Å². The molecule has 0 spiro atoms. The standard InChI is InChI=1S/C35H25BrN2O4S4/c36-27-17-23-25(39)18-26(45-35(23)46-27)24-19-44-33-29(37-28(40)16-20-10-4-1-5-11-20)32(41)38(33)30(24)34(43)42-31(21-12-6-2-7-13-21)22-14-8-3-9-15-22/h1-15,17-18,29,31,33H,16,19H2,(H,37,40)/t29?,33-/m1/s1. The molecular weight excluding hydrogens is 721 g/mol. The monoisotopic (exact) mass is 744 g/mol. The molecule has 5 aromatic rings. The van der Waals surface area contributed by atoms with Crippen LogP contribution in [0.1, 0.15) is 27.7 Å². The number of nitrogens with zero attached hydrogens (tertiary/aromatic N) is 1. The van der Waals surface area contributed by atoms with Crippen molar-refractivity contribution in [3.05, 3.63) is 144 Å². The summed E-state index contributed by atoms with van der Waals surface area (Å²) in [6.07, 6.45) is -0.346. The molecule has 2 atom stereocenters. The van der Waals surface area contributed by atoms with Gasteiger partial charge in [0, 0.05) is 22.3 Å². The molecule has 2 aromatic heterocycles. The minimum absolute atomic E-state index is 0.0936. The van der Waals surface area contributed by atoms with Gasteiger partial charge in [-0.3, -0.25) is 19.3 Å². The van der Waals surface area contributed by atoms with Crippen LogP contribution in [0.3, 0.4) is 0 Å². The van der Waals surface area contributed by atoms with E-state index in [9.17, 15) is 14.4 Å². The lowest BCUT2D eigenvalue weighted by molar-refractivity contribution is -0.145. The van der Waals surface area contributed by atoms with Crippen molar-refractivity contribution in [1.29, 1.82) is 0 Å². The van der Waals surface area contributed by atoms with Crippen LogP contribution in [0.5, 0.6) is 0 Å². The number of ether oxygens (including phenoxy) is 1. The Kier molecular flexibility index (Phi) is 8.93. The summed E-state index contributed by atoms with van der Waals surface area (Å²) in [5.41, 5.74) is 3.84. The summed E-state index contributed by atoms with van der Waals surface area (Å²) in [5, 5.41) is 3.40. The molecule has 1 unspecified atom stereocenters. The molecule has 2 aliphatic heterocycles. The summed E-state index contributed by atoms with van der Waals surface area (Å²) in [7, 11) is 0. The Bertz CT molecular complexity index is 2010. The molecule has 2 aliphatic rings. The SMILES string of the molecule is O=C(Cc1ccccc1)NC1C(=O)N2C(C(=S)OC(c3ccccc3)c3ccccc3)=C(c3cc(=O)c4cc(Br)sc4s3)CS[C@H]12. The number of rotatable bonds is 8. The lowest BCUT2D eigenvalue weighted by atomic mass is 10.00. The smallest absolute Gasteiger partial charge is 0.253 e. The van der Waals surface area contributed by atoms with Gasteiger partial charge in [0.05, 0.1) is 19.6 Å². The van der Waals surface area contributed by atoms with E-state index in [2.05, 4.69) is 21.2 Å². The Morgan fingerprint density at radius 3 is 2.22 bits per heavy atom. The maximum atomic E-state index is 13.9. The second kappa shape index (κ2) is 13.2. The van der Waals surface area contributed by atoms with Crippen LogP contribution in [0.15, 0.2) is 117 Å². The lowest BCUT2D eigenvalue weighted by Crippen LogP contribution is -2.70. The Morgan fingerprint density at radius 2 is 1.57 bits per heavy atom. The van der Waals surface area contributed by atoms with Crippen LogP contribution in [0, 0.1) is 0 Å². The third-order valence-electron chi connectivity index (χ3n) is 7.81. The minimum atomic E-state index is -0.700. The number of thioether (sulfide) groups is 1. The van der Waals surface area contributed by atoms with Crippen LogP contribution in [0.25, 0.3) is 15.0 Å². The van der Waals surface area contributed by atoms with E-state index in [1.54, 1.807) is 22.7 Å². The van der Waals surface area contributed by atoms with E-state index in [1.165, 1.54) is 22.7 Å². The molecule has 1 N–H and O–H groups in total. The third-order valence-corrected chi connectivity index (χ3v) is 12.3. The van der Waals surface area contributed by atoms with E-state index < -0.39 is 12.1 Å². The van der Waals surface area contributed by atoms with Gasteiger partial charge in [0.15, 0.2) is 5.43 Å². The summed E-state index contributed by atoms with van der Waals surface area (Å²) in [5.74, 6) is -0.00587. The Hall–Kier alpha value is -3.61. The zero-order chi connectivity index (χ0) is 31.8. The van der Waals surface area contributed by atoms with Crippen LogP contribution >= 0.6 is 62.6 Å². The molecule has 11 heteroatoms. The number of fused-ring (bicyclic) bond motifs is 2. The first-order chi connectivity index (χ1) is 22.4. The second-order valence-electron chi connectivity index (χ2n) is 10.8. The van der Waals surface area contributed by atoms with Crippen molar-refractivity contribution in [2.24, 2.45) is 0 Å². The number of hydrogen-bond donors (Lipinski definition) is 1. The van der Waals surface area contributed by atoms with Crippen LogP contribution in [0.4, 0.5) is 0 Å². The van der Waals surface area contributed by atoms with Crippen molar-refractivity contribution >= 4 is 94.4 Å². The molecular formula is C35H25BrN2O4S4. The fourth-order valence-electron chi connectivity index (χ4n) is 5.62. The number of β-lactam (4-membered cyclic amide) rings is 1. The van der Waals surface area contributed by atoms with Crippen molar-refractivity contribution in [2.75, 3.05) is 5.75 Å². The fraction of sp³-hybridized carbons (Fsp3) is 0.143. The number of halogens is 1. The highest BCUT2D eigenvalue weighted by atomic mass is 79.9. The van der Waals surface area contributed by atoms with Crippen LogP contribution in [-0.2, 0) is 20.7 Å². The number of hydrogen-bond acceptors (Lipinski definition) is 8. The molecule has 0 saturated carbocycles. The maximum Gasteiger partial charge on any atom is 0.253 e. The second-order valence-corrected chi connectivity index (χ2v) is 16.0. The predicted molar refractivity (Wildman–Crippen MR) is 194 cm³/mol. The first kappa shape index (κ1) is 31.0. The van der Waals surface area contributed by atoms with Crippen LogP contribution < -0.4 is 10.7 Å². The Balaban J connectivity index is 1.26. The molecule has 0 radical (unpaired) electrons. The lowest BCUT2D eigenvalue weighted by Gasteiger charge is -2.50. The topological polar surface area (TPSA) is 75.7 Å². The summed E-state index contributed by atoms with van der Waals surface area (Å²) < 4.78 is 8.39. The van der Waals surface area contributed by atoms with Gasteiger partial charge < -0.3 is 10.1 Å². The molecule has 6 nitrogen and oxygen atoms in total. The van der Waals surface area contributed by atoms with Gasteiger partial charge in [-0.05, 0) is 50.9 Å². The molecule has 230 valence electrons. The third kappa shape index (κ3) is 6.10. The highest BCUT2D eigenvalue weighted by Crippen LogP contribution is 2.46. The number of amides is 2.